The SMILES string of the molecule is N#Cc1ccc(-n2ncc3c(=O)[nH]c(-c4ccc(C(F)(F)F)cc4)nc32)cc1. The zero-order valence-electron chi connectivity index (χ0n) is 14.0. The van der Waals surface area contributed by atoms with Crippen molar-refractivity contribution in [3.63, 3.8) is 0 Å². The molecular weight excluding hydrogens is 371 g/mol. The smallest absolute Gasteiger partial charge is 0.306 e. The van der Waals surface area contributed by atoms with E-state index in [0.29, 0.717) is 16.8 Å². The molecule has 138 valence electrons. The van der Waals surface area contributed by atoms with E-state index in [-0.39, 0.29) is 16.9 Å². The van der Waals surface area contributed by atoms with E-state index < -0.39 is 17.3 Å². The van der Waals surface area contributed by atoms with Gasteiger partial charge >= 0.3 is 6.18 Å². The first-order valence-electron chi connectivity index (χ1n) is 8.03. The number of benzene rings is 2. The van der Waals surface area contributed by atoms with Crippen molar-refractivity contribution >= 4 is 11.0 Å². The van der Waals surface area contributed by atoms with E-state index in [9.17, 15) is 18.0 Å². The van der Waals surface area contributed by atoms with Gasteiger partial charge in [0.25, 0.3) is 5.56 Å². The van der Waals surface area contributed by atoms with Gasteiger partial charge in [-0.25, -0.2) is 9.67 Å². The molecule has 2 heterocycles. The molecule has 0 saturated carbocycles. The van der Waals surface area contributed by atoms with Gasteiger partial charge < -0.3 is 4.98 Å². The minimum absolute atomic E-state index is 0.126. The fourth-order valence-corrected chi connectivity index (χ4v) is 2.74. The summed E-state index contributed by atoms with van der Waals surface area (Å²) in [6.07, 6.45) is -3.09. The molecule has 9 heteroatoms. The molecule has 6 nitrogen and oxygen atoms in total. The predicted octanol–water partition coefficient (Wildman–Crippen LogP) is 3.67. The highest BCUT2D eigenvalue weighted by molar-refractivity contribution is 5.77. The zero-order chi connectivity index (χ0) is 19.9. The molecule has 0 aliphatic rings. The van der Waals surface area contributed by atoms with Gasteiger partial charge in [0, 0.05) is 5.56 Å². The Morgan fingerprint density at radius 3 is 2.32 bits per heavy atom. The van der Waals surface area contributed by atoms with Gasteiger partial charge in [-0.2, -0.15) is 23.5 Å². The number of hydrogen-bond acceptors (Lipinski definition) is 4. The Morgan fingerprint density at radius 1 is 1.04 bits per heavy atom. The van der Waals surface area contributed by atoms with E-state index in [1.165, 1.54) is 23.0 Å². The van der Waals surface area contributed by atoms with Gasteiger partial charge in [0.2, 0.25) is 0 Å². The monoisotopic (exact) mass is 381 g/mol. The highest BCUT2D eigenvalue weighted by atomic mass is 19.4. The maximum Gasteiger partial charge on any atom is 0.416 e. The van der Waals surface area contributed by atoms with E-state index >= 15 is 0 Å². The maximum atomic E-state index is 12.7. The number of nitriles is 1. The fourth-order valence-electron chi connectivity index (χ4n) is 2.74. The van der Waals surface area contributed by atoms with Crippen LogP contribution >= 0.6 is 0 Å². The van der Waals surface area contributed by atoms with E-state index in [0.717, 1.165) is 12.1 Å². The third kappa shape index (κ3) is 3.01. The molecule has 0 bridgehead atoms. The Kier molecular flexibility index (Phi) is 3.96. The highest BCUT2D eigenvalue weighted by Gasteiger charge is 2.30. The maximum absolute atomic E-state index is 12.7. The first-order chi connectivity index (χ1) is 13.4. The minimum atomic E-state index is -4.45. The van der Waals surface area contributed by atoms with E-state index in [4.69, 9.17) is 5.26 Å². The Hall–Kier alpha value is -3.93. The lowest BCUT2D eigenvalue weighted by Gasteiger charge is -2.08. The lowest BCUT2D eigenvalue weighted by atomic mass is 10.1. The van der Waals surface area contributed by atoms with Gasteiger partial charge in [-0.1, -0.05) is 12.1 Å². The van der Waals surface area contributed by atoms with E-state index in [1.807, 2.05) is 6.07 Å². The van der Waals surface area contributed by atoms with Crippen LogP contribution in [0, 0.1) is 11.3 Å². The number of halogens is 3. The van der Waals surface area contributed by atoms with Crippen molar-refractivity contribution in [1.82, 2.24) is 19.7 Å². The molecule has 2 aromatic heterocycles. The molecule has 4 rings (SSSR count). The van der Waals surface area contributed by atoms with Gasteiger partial charge in [0.1, 0.15) is 11.2 Å². The predicted molar refractivity (Wildman–Crippen MR) is 94.6 cm³/mol. The molecule has 0 fully saturated rings. The van der Waals surface area contributed by atoms with Crippen LogP contribution in [0.2, 0.25) is 0 Å². The van der Waals surface area contributed by atoms with Gasteiger partial charge in [0.05, 0.1) is 29.1 Å². The van der Waals surface area contributed by atoms with Gasteiger partial charge in [0.15, 0.2) is 5.65 Å². The lowest BCUT2D eigenvalue weighted by Crippen LogP contribution is -2.10. The van der Waals surface area contributed by atoms with Crippen LogP contribution in [0.25, 0.3) is 28.1 Å². The van der Waals surface area contributed by atoms with Crippen LogP contribution in [0.3, 0.4) is 0 Å². The van der Waals surface area contributed by atoms with Crippen molar-refractivity contribution in [1.29, 1.82) is 5.26 Å². The van der Waals surface area contributed by atoms with Gasteiger partial charge in [-0.05, 0) is 36.4 Å². The second-order valence-corrected chi connectivity index (χ2v) is 5.94. The van der Waals surface area contributed by atoms with Crippen molar-refractivity contribution in [2.75, 3.05) is 0 Å². The number of H-pyrrole nitrogens is 1. The second kappa shape index (κ2) is 6.35. The van der Waals surface area contributed by atoms with E-state index in [1.54, 1.807) is 24.3 Å². The topological polar surface area (TPSA) is 87.4 Å². The quantitative estimate of drug-likeness (QED) is 0.574. The summed E-state index contributed by atoms with van der Waals surface area (Å²) in [5, 5.41) is 13.3. The Bertz CT molecular complexity index is 1260. The van der Waals surface area contributed by atoms with Crippen molar-refractivity contribution in [3.05, 3.63) is 76.2 Å². The molecule has 0 atom stereocenters. The average Bonchev–Trinajstić information content (AvgIpc) is 3.12. The molecule has 0 aliphatic carbocycles. The van der Waals surface area contributed by atoms with Crippen molar-refractivity contribution < 1.29 is 13.2 Å². The molecular formula is C19H10F3N5O. The first-order valence-corrected chi connectivity index (χ1v) is 8.03. The summed E-state index contributed by atoms with van der Waals surface area (Å²) in [4.78, 5) is 19.3. The number of alkyl halides is 3. The van der Waals surface area contributed by atoms with Crippen LogP contribution in [-0.2, 0) is 6.18 Å². The number of rotatable bonds is 2. The number of hydrogen-bond donors (Lipinski definition) is 1. The molecule has 4 aromatic rings. The van der Waals surface area contributed by atoms with Crippen molar-refractivity contribution in [2.24, 2.45) is 0 Å². The fraction of sp³-hybridized carbons (Fsp3) is 0.0526. The summed E-state index contributed by atoms with van der Waals surface area (Å²) < 4.78 is 39.7. The number of nitrogens with zero attached hydrogens (tertiary/aromatic N) is 4. The number of fused-ring (bicyclic) bond motifs is 1. The lowest BCUT2D eigenvalue weighted by molar-refractivity contribution is -0.137. The van der Waals surface area contributed by atoms with Crippen molar-refractivity contribution in [3.8, 4) is 23.1 Å². The van der Waals surface area contributed by atoms with Crippen LogP contribution in [-0.4, -0.2) is 19.7 Å². The average molecular weight is 381 g/mol. The Labute approximate surface area is 155 Å². The first kappa shape index (κ1) is 17.5. The molecule has 0 unspecified atom stereocenters. The molecule has 0 radical (unpaired) electrons. The molecule has 0 aliphatic heterocycles. The van der Waals surface area contributed by atoms with Crippen LogP contribution in [0.15, 0.2) is 59.5 Å². The van der Waals surface area contributed by atoms with Gasteiger partial charge in [-0.3, -0.25) is 4.79 Å². The third-order valence-corrected chi connectivity index (χ3v) is 4.16. The van der Waals surface area contributed by atoms with Crippen molar-refractivity contribution in [2.45, 2.75) is 6.18 Å². The summed E-state index contributed by atoms with van der Waals surface area (Å²) in [5.74, 6) is 0.126. The Morgan fingerprint density at radius 2 is 1.71 bits per heavy atom. The number of aromatic amines is 1. The molecule has 1 N–H and O–H groups in total. The third-order valence-electron chi connectivity index (χ3n) is 4.16. The van der Waals surface area contributed by atoms with Gasteiger partial charge in [-0.15, -0.1) is 0 Å². The van der Waals surface area contributed by atoms with E-state index in [2.05, 4.69) is 15.1 Å². The molecule has 0 saturated heterocycles. The standard InChI is InChI=1S/C19H10F3N5O/c20-19(21,22)13-5-3-12(4-6-13)16-25-17-15(18(28)26-16)10-24-27(17)14-7-1-11(9-23)2-8-14/h1-8,10H,(H,25,26,28). The van der Waals surface area contributed by atoms with Crippen LogP contribution in [0.1, 0.15) is 11.1 Å². The Balaban J connectivity index is 1.83. The second-order valence-electron chi connectivity index (χ2n) is 5.94. The normalized spacial score (nSPS) is 11.5. The highest BCUT2D eigenvalue weighted by Crippen LogP contribution is 2.30. The van der Waals surface area contributed by atoms with Crippen LogP contribution in [0.4, 0.5) is 13.2 Å². The largest absolute Gasteiger partial charge is 0.416 e. The summed E-state index contributed by atoms with van der Waals surface area (Å²) in [7, 11) is 0. The minimum Gasteiger partial charge on any atom is -0.306 e. The number of nitrogens with one attached hydrogen (secondary N) is 1. The number of aromatic nitrogens is 4. The molecule has 28 heavy (non-hydrogen) atoms. The summed E-state index contributed by atoms with van der Waals surface area (Å²) in [6.45, 7) is 0. The summed E-state index contributed by atoms with van der Waals surface area (Å²) in [5.41, 5.74) is 0.395. The zero-order valence-corrected chi connectivity index (χ0v) is 14.0. The summed E-state index contributed by atoms with van der Waals surface area (Å²) in [6, 6.07) is 12.9. The molecule has 0 amide bonds. The summed E-state index contributed by atoms with van der Waals surface area (Å²) >= 11 is 0. The molecule has 0 spiro atoms. The van der Waals surface area contributed by atoms with Crippen LogP contribution in [0.5, 0.6) is 0 Å². The molecule has 2 aromatic carbocycles. The van der Waals surface area contributed by atoms with Crippen LogP contribution < -0.4 is 5.56 Å².